The summed E-state index contributed by atoms with van der Waals surface area (Å²) < 4.78 is 0. The number of aromatic nitrogens is 2. The van der Waals surface area contributed by atoms with E-state index in [9.17, 15) is 0 Å². The lowest BCUT2D eigenvalue weighted by Gasteiger charge is -2.29. The van der Waals surface area contributed by atoms with Crippen LogP contribution in [0.25, 0.3) is 11.0 Å². The summed E-state index contributed by atoms with van der Waals surface area (Å²) in [5.41, 5.74) is 3.47. The third kappa shape index (κ3) is 2.64. The number of anilines is 1. The summed E-state index contributed by atoms with van der Waals surface area (Å²) >= 11 is 0. The molecule has 3 rings (SSSR count). The fraction of sp³-hybridized carbons (Fsp3) is 0.500. The number of hydrogen-bond acceptors (Lipinski definition) is 3. The molecule has 2 aromatic rings. The van der Waals surface area contributed by atoms with Crippen molar-refractivity contribution in [2.75, 3.05) is 31.1 Å². The molecule has 2 N–H and O–H groups in total. The molecule has 0 saturated carbocycles. The molecule has 1 fully saturated rings. The Morgan fingerprint density at radius 2 is 1.89 bits per heavy atom. The lowest BCUT2D eigenvalue weighted by Crippen LogP contribution is -2.43. The molecular formula is C14H22N4. The number of hydrogen-bond donors (Lipinski definition) is 2. The fourth-order valence-corrected chi connectivity index (χ4v) is 2.24. The Morgan fingerprint density at radius 1 is 1.17 bits per heavy atom. The van der Waals surface area contributed by atoms with E-state index >= 15 is 0 Å². The van der Waals surface area contributed by atoms with Crippen molar-refractivity contribution in [3.63, 3.8) is 0 Å². The summed E-state index contributed by atoms with van der Waals surface area (Å²) in [4.78, 5) is 10.1. The largest absolute Gasteiger partial charge is 0.369 e. The van der Waals surface area contributed by atoms with Crippen LogP contribution < -0.4 is 10.2 Å². The van der Waals surface area contributed by atoms with Crippen LogP contribution in [0, 0.1) is 6.92 Å². The number of benzene rings is 1. The minimum Gasteiger partial charge on any atom is -0.369 e. The van der Waals surface area contributed by atoms with E-state index < -0.39 is 0 Å². The highest BCUT2D eigenvalue weighted by molar-refractivity contribution is 5.79. The molecule has 2 heterocycles. The monoisotopic (exact) mass is 246 g/mol. The summed E-state index contributed by atoms with van der Waals surface area (Å²) in [6.45, 7) is 10.3. The SMILES string of the molecule is CC.Cc1nc2ccc(N3CCNCC3)cc2[nH]1. The maximum atomic E-state index is 4.41. The van der Waals surface area contributed by atoms with Gasteiger partial charge in [-0.25, -0.2) is 4.98 Å². The van der Waals surface area contributed by atoms with Crippen LogP contribution in [-0.2, 0) is 0 Å². The Labute approximate surface area is 108 Å². The van der Waals surface area contributed by atoms with Crippen LogP contribution in [0.1, 0.15) is 19.7 Å². The average molecular weight is 246 g/mol. The van der Waals surface area contributed by atoms with Gasteiger partial charge in [0, 0.05) is 31.9 Å². The first-order valence-corrected chi connectivity index (χ1v) is 6.75. The zero-order valence-electron chi connectivity index (χ0n) is 11.5. The van der Waals surface area contributed by atoms with Crippen molar-refractivity contribution < 1.29 is 0 Å². The maximum Gasteiger partial charge on any atom is 0.104 e. The second kappa shape index (κ2) is 5.87. The minimum absolute atomic E-state index is 0.979. The molecule has 4 nitrogen and oxygen atoms in total. The zero-order valence-corrected chi connectivity index (χ0v) is 11.5. The third-order valence-corrected chi connectivity index (χ3v) is 3.07. The van der Waals surface area contributed by atoms with E-state index in [1.807, 2.05) is 20.8 Å². The van der Waals surface area contributed by atoms with E-state index in [4.69, 9.17) is 0 Å². The van der Waals surface area contributed by atoms with Crippen molar-refractivity contribution in [2.45, 2.75) is 20.8 Å². The maximum absolute atomic E-state index is 4.41. The van der Waals surface area contributed by atoms with Crippen molar-refractivity contribution >= 4 is 16.7 Å². The molecule has 0 aliphatic carbocycles. The van der Waals surface area contributed by atoms with Crippen LogP contribution in [0.4, 0.5) is 5.69 Å². The van der Waals surface area contributed by atoms with Crippen LogP contribution in [-0.4, -0.2) is 36.1 Å². The molecule has 0 radical (unpaired) electrons. The number of rotatable bonds is 1. The van der Waals surface area contributed by atoms with Gasteiger partial charge in [-0.3, -0.25) is 0 Å². The van der Waals surface area contributed by atoms with Gasteiger partial charge in [0.05, 0.1) is 11.0 Å². The van der Waals surface area contributed by atoms with Gasteiger partial charge in [-0.15, -0.1) is 0 Å². The van der Waals surface area contributed by atoms with Crippen molar-refractivity contribution in [3.8, 4) is 0 Å². The Bertz CT molecular complexity index is 497. The molecular weight excluding hydrogens is 224 g/mol. The van der Waals surface area contributed by atoms with Gasteiger partial charge in [-0.2, -0.15) is 0 Å². The third-order valence-electron chi connectivity index (χ3n) is 3.07. The van der Waals surface area contributed by atoms with Gasteiger partial charge in [-0.1, -0.05) is 13.8 Å². The van der Waals surface area contributed by atoms with Gasteiger partial charge < -0.3 is 15.2 Å². The predicted molar refractivity (Wildman–Crippen MR) is 77.3 cm³/mol. The molecule has 1 saturated heterocycles. The van der Waals surface area contributed by atoms with E-state index in [-0.39, 0.29) is 0 Å². The van der Waals surface area contributed by atoms with Crippen molar-refractivity contribution in [1.82, 2.24) is 15.3 Å². The van der Waals surface area contributed by atoms with E-state index in [0.29, 0.717) is 0 Å². The summed E-state index contributed by atoms with van der Waals surface area (Å²) in [7, 11) is 0. The molecule has 0 bridgehead atoms. The average Bonchev–Trinajstić information content (AvgIpc) is 2.81. The second-order valence-corrected chi connectivity index (χ2v) is 4.26. The van der Waals surface area contributed by atoms with Gasteiger partial charge >= 0.3 is 0 Å². The van der Waals surface area contributed by atoms with Crippen LogP contribution in [0.15, 0.2) is 18.2 Å². The standard InChI is InChI=1S/C12H16N4.C2H6/c1-9-14-11-3-2-10(8-12(11)15-9)16-6-4-13-5-7-16;1-2/h2-3,8,13H,4-7H2,1H3,(H,14,15);1-2H3. The molecule has 4 heteroatoms. The topological polar surface area (TPSA) is 44.0 Å². The molecule has 0 atom stereocenters. The van der Waals surface area contributed by atoms with Crippen LogP contribution >= 0.6 is 0 Å². The molecule has 1 aliphatic heterocycles. The molecule has 1 aromatic carbocycles. The predicted octanol–water partition coefficient (Wildman–Crippen LogP) is 2.31. The van der Waals surface area contributed by atoms with Gasteiger partial charge in [0.1, 0.15) is 5.82 Å². The van der Waals surface area contributed by atoms with Crippen LogP contribution in [0.3, 0.4) is 0 Å². The minimum atomic E-state index is 0.979. The first-order valence-electron chi connectivity index (χ1n) is 6.75. The molecule has 0 spiro atoms. The number of aryl methyl sites for hydroxylation is 1. The normalized spacial score (nSPS) is 15.4. The number of aromatic amines is 1. The summed E-state index contributed by atoms with van der Waals surface area (Å²) in [5.74, 6) is 0.979. The first kappa shape index (κ1) is 12.9. The molecule has 0 unspecified atom stereocenters. The molecule has 18 heavy (non-hydrogen) atoms. The highest BCUT2D eigenvalue weighted by Crippen LogP contribution is 2.20. The van der Waals surface area contributed by atoms with Gasteiger partial charge in [0.2, 0.25) is 0 Å². The Kier molecular flexibility index (Phi) is 4.20. The molecule has 98 valence electrons. The highest BCUT2D eigenvalue weighted by Gasteiger charge is 2.11. The summed E-state index contributed by atoms with van der Waals surface area (Å²) in [6.07, 6.45) is 0. The zero-order chi connectivity index (χ0) is 13.0. The van der Waals surface area contributed by atoms with E-state index in [2.05, 4.69) is 38.4 Å². The first-order chi connectivity index (χ1) is 8.83. The second-order valence-electron chi connectivity index (χ2n) is 4.26. The van der Waals surface area contributed by atoms with Gasteiger partial charge in [0.15, 0.2) is 0 Å². The van der Waals surface area contributed by atoms with Gasteiger partial charge in [-0.05, 0) is 25.1 Å². The lowest BCUT2D eigenvalue weighted by molar-refractivity contribution is 0.589. The number of piperazine rings is 1. The van der Waals surface area contributed by atoms with E-state index in [0.717, 1.165) is 43.0 Å². The summed E-state index contributed by atoms with van der Waals surface area (Å²) in [6, 6.07) is 6.45. The number of imidazole rings is 1. The molecule has 1 aliphatic rings. The smallest absolute Gasteiger partial charge is 0.104 e. The highest BCUT2D eigenvalue weighted by atomic mass is 15.2. The van der Waals surface area contributed by atoms with Crippen molar-refractivity contribution in [2.24, 2.45) is 0 Å². The number of fused-ring (bicyclic) bond motifs is 1. The Hall–Kier alpha value is -1.55. The van der Waals surface area contributed by atoms with Gasteiger partial charge in [0.25, 0.3) is 0 Å². The van der Waals surface area contributed by atoms with Crippen molar-refractivity contribution in [1.29, 1.82) is 0 Å². The Morgan fingerprint density at radius 3 is 2.61 bits per heavy atom. The lowest BCUT2D eigenvalue weighted by atomic mass is 10.2. The van der Waals surface area contributed by atoms with Crippen molar-refractivity contribution in [3.05, 3.63) is 24.0 Å². The fourth-order valence-electron chi connectivity index (χ4n) is 2.24. The number of nitrogens with one attached hydrogen (secondary N) is 2. The van der Waals surface area contributed by atoms with E-state index in [1.165, 1.54) is 5.69 Å². The number of H-pyrrole nitrogens is 1. The van der Waals surface area contributed by atoms with Crippen LogP contribution in [0.2, 0.25) is 0 Å². The quantitative estimate of drug-likeness (QED) is 0.811. The molecule has 0 amide bonds. The summed E-state index contributed by atoms with van der Waals surface area (Å²) in [5, 5.41) is 3.36. The Balaban J connectivity index is 0.000000574. The van der Waals surface area contributed by atoms with E-state index in [1.54, 1.807) is 0 Å². The van der Waals surface area contributed by atoms with Crippen LogP contribution in [0.5, 0.6) is 0 Å². The molecule has 1 aromatic heterocycles. The number of nitrogens with zero attached hydrogens (tertiary/aromatic N) is 2.